The summed E-state index contributed by atoms with van der Waals surface area (Å²) in [6.45, 7) is 4.33. The highest BCUT2D eigenvalue weighted by atomic mass is 32.1. The van der Waals surface area contributed by atoms with Crippen molar-refractivity contribution < 1.29 is 9.84 Å². The lowest BCUT2D eigenvalue weighted by atomic mass is 10.00. The Labute approximate surface area is 111 Å². The standard InChI is InChI=1S/C14H17NO2S/c1-9(2)12-6-10(4-5-13(12)17-3)14-15-7-11(8-16)18-14/h4-7,9,16H,8H2,1-3H3. The Bertz CT molecular complexity index is 534. The summed E-state index contributed by atoms with van der Waals surface area (Å²) in [5, 5.41) is 10.0. The van der Waals surface area contributed by atoms with Crippen LogP contribution in [0.15, 0.2) is 24.4 Å². The summed E-state index contributed by atoms with van der Waals surface area (Å²) < 4.78 is 5.37. The van der Waals surface area contributed by atoms with Crippen molar-refractivity contribution in [2.45, 2.75) is 26.4 Å². The molecule has 4 heteroatoms. The highest BCUT2D eigenvalue weighted by Crippen LogP contribution is 2.33. The fraction of sp³-hybridized carbons (Fsp3) is 0.357. The van der Waals surface area contributed by atoms with Gasteiger partial charge in [0.25, 0.3) is 0 Å². The van der Waals surface area contributed by atoms with Gasteiger partial charge in [0.2, 0.25) is 0 Å². The summed E-state index contributed by atoms with van der Waals surface area (Å²) >= 11 is 1.52. The molecule has 0 fully saturated rings. The van der Waals surface area contributed by atoms with Crippen LogP contribution in [0.25, 0.3) is 10.6 Å². The van der Waals surface area contributed by atoms with Crippen molar-refractivity contribution >= 4 is 11.3 Å². The highest BCUT2D eigenvalue weighted by molar-refractivity contribution is 7.15. The molecular weight excluding hydrogens is 246 g/mol. The fourth-order valence-electron chi connectivity index (χ4n) is 1.83. The number of ether oxygens (including phenoxy) is 1. The molecule has 0 aliphatic heterocycles. The number of aliphatic hydroxyl groups is 1. The molecule has 1 aromatic heterocycles. The second-order valence-corrected chi connectivity index (χ2v) is 5.52. The number of aromatic nitrogens is 1. The number of nitrogens with zero attached hydrogens (tertiary/aromatic N) is 1. The quantitative estimate of drug-likeness (QED) is 0.919. The largest absolute Gasteiger partial charge is 0.496 e. The molecule has 0 amide bonds. The topological polar surface area (TPSA) is 42.4 Å². The monoisotopic (exact) mass is 263 g/mol. The molecule has 0 saturated carbocycles. The summed E-state index contributed by atoms with van der Waals surface area (Å²) in [6.07, 6.45) is 1.72. The Morgan fingerprint density at radius 3 is 2.72 bits per heavy atom. The maximum atomic E-state index is 9.07. The van der Waals surface area contributed by atoms with Gasteiger partial charge in [0.15, 0.2) is 0 Å². The first-order valence-corrected chi connectivity index (χ1v) is 6.71. The molecule has 1 N–H and O–H groups in total. The first-order valence-electron chi connectivity index (χ1n) is 5.89. The Morgan fingerprint density at radius 2 is 2.17 bits per heavy atom. The van der Waals surface area contributed by atoms with Gasteiger partial charge in [-0.2, -0.15) is 0 Å². The minimum atomic E-state index is 0.0465. The fourth-order valence-corrected chi connectivity index (χ4v) is 2.60. The van der Waals surface area contributed by atoms with Crippen molar-refractivity contribution in [3.8, 4) is 16.3 Å². The maximum Gasteiger partial charge on any atom is 0.123 e. The number of rotatable bonds is 4. The molecule has 96 valence electrons. The van der Waals surface area contributed by atoms with Gasteiger partial charge in [-0.15, -0.1) is 11.3 Å². The molecule has 2 rings (SSSR count). The van der Waals surface area contributed by atoms with E-state index in [1.807, 2.05) is 12.1 Å². The van der Waals surface area contributed by atoms with Gasteiger partial charge in [0.05, 0.1) is 18.6 Å². The average Bonchev–Trinajstić information content (AvgIpc) is 2.86. The zero-order chi connectivity index (χ0) is 13.1. The zero-order valence-electron chi connectivity index (χ0n) is 10.8. The molecule has 0 spiro atoms. The van der Waals surface area contributed by atoms with Gasteiger partial charge in [-0.05, 0) is 29.7 Å². The Kier molecular flexibility index (Phi) is 3.99. The molecule has 1 aromatic carbocycles. The van der Waals surface area contributed by atoms with Gasteiger partial charge >= 0.3 is 0 Å². The smallest absolute Gasteiger partial charge is 0.123 e. The van der Waals surface area contributed by atoms with Crippen LogP contribution in [0.2, 0.25) is 0 Å². The van der Waals surface area contributed by atoms with Crippen molar-refractivity contribution in [1.82, 2.24) is 4.98 Å². The molecule has 0 bridgehead atoms. The Balaban J connectivity index is 2.42. The van der Waals surface area contributed by atoms with E-state index in [0.717, 1.165) is 21.2 Å². The normalized spacial score (nSPS) is 10.9. The van der Waals surface area contributed by atoms with E-state index < -0.39 is 0 Å². The number of hydrogen-bond acceptors (Lipinski definition) is 4. The highest BCUT2D eigenvalue weighted by Gasteiger charge is 2.11. The van der Waals surface area contributed by atoms with E-state index in [0.29, 0.717) is 5.92 Å². The number of methoxy groups -OCH3 is 1. The molecule has 0 atom stereocenters. The van der Waals surface area contributed by atoms with E-state index in [9.17, 15) is 0 Å². The van der Waals surface area contributed by atoms with Gasteiger partial charge in [-0.1, -0.05) is 13.8 Å². The third-order valence-corrected chi connectivity index (χ3v) is 3.84. The molecular formula is C14H17NO2S. The Morgan fingerprint density at radius 1 is 1.39 bits per heavy atom. The van der Waals surface area contributed by atoms with Crippen molar-refractivity contribution in [2.24, 2.45) is 0 Å². The summed E-state index contributed by atoms with van der Waals surface area (Å²) in [5.74, 6) is 1.31. The minimum Gasteiger partial charge on any atom is -0.496 e. The third kappa shape index (κ3) is 2.54. The molecule has 0 radical (unpaired) electrons. The number of thiazole rings is 1. The average molecular weight is 263 g/mol. The second-order valence-electron chi connectivity index (χ2n) is 4.40. The van der Waals surface area contributed by atoms with E-state index in [4.69, 9.17) is 9.84 Å². The van der Waals surface area contributed by atoms with Crippen LogP contribution < -0.4 is 4.74 Å². The summed E-state index contributed by atoms with van der Waals surface area (Å²) in [6, 6.07) is 6.10. The predicted octanol–water partition coefficient (Wildman–Crippen LogP) is 3.43. The number of hydrogen-bond donors (Lipinski definition) is 1. The summed E-state index contributed by atoms with van der Waals surface area (Å²) in [5.41, 5.74) is 2.25. The maximum absolute atomic E-state index is 9.07. The molecule has 0 aliphatic rings. The molecule has 3 nitrogen and oxygen atoms in total. The van der Waals surface area contributed by atoms with Crippen LogP contribution in [0.3, 0.4) is 0 Å². The summed E-state index contributed by atoms with van der Waals surface area (Å²) in [7, 11) is 1.69. The lowest BCUT2D eigenvalue weighted by molar-refractivity contribution is 0.285. The van der Waals surface area contributed by atoms with E-state index in [2.05, 4.69) is 24.9 Å². The third-order valence-electron chi connectivity index (χ3n) is 2.81. The van der Waals surface area contributed by atoms with E-state index in [1.165, 1.54) is 16.9 Å². The minimum absolute atomic E-state index is 0.0465. The second kappa shape index (κ2) is 5.50. The van der Waals surface area contributed by atoms with Crippen LogP contribution in [-0.4, -0.2) is 17.2 Å². The van der Waals surface area contributed by atoms with Gasteiger partial charge < -0.3 is 9.84 Å². The lowest BCUT2D eigenvalue weighted by Crippen LogP contribution is -1.94. The first-order chi connectivity index (χ1) is 8.65. The number of benzene rings is 1. The SMILES string of the molecule is COc1ccc(-c2ncc(CO)s2)cc1C(C)C. The number of aliphatic hydroxyl groups excluding tert-OH is 1. The van der Waals surface area contributed by atoms with Crippen molar-refractivity contribution in [2.75, 3.05) is 7.11 Å². The molecule has 1 heterocycles. The summed E-state index contributed by atoms with van der Waals surface area (Å²) in [4.78, 5) is 5.21. The molecule has 0 saturated heterocycles. The Hall–Kier alpha value is -1.39. The van der Waals surface area contributed by atoms with E-state index in [-0.39, 0.29) is 6.61 Å². The zero-order valence-corrected chi connectivity index (χ0v) is 11.6. The van der Waals surface area contributed by atoms with Crippen molar-refractivity contribution in [3.05, 3.63) is 34.8 Å². The van der Waals surface area contributed by atoms with Gasteiger partial charge in [0, 0.05) is 11.8 Å². The first kappa shape index (κ1) is 13.1. The van der Waals surface area contributed by atoms with Crippen LogP contribution in [0.5, 0.6) is 5.75 Å². The molecule has 0 aliphatic carbocycles. The lowest BCUT2D eigenvalue weighted by Gasteiger charge is -2.12. The predicted molar refractivity (Wildman–Crippen MR) is 74.1 cm³/mol. The van der Waals surface area contributed by atoms with E-state index in [1.54, 1.807) is 13.3 Å². The van der Waals surface area contributed by atoms with Crippen molar-refractivity contribution in [1.29, 1.82) is 0 Å². The van der Waals surface area contributed by atoms with Crippen molar-refractivity contribution in [3.63, 3.8) is 0 Å². The van der Waals surface area contributed by atoms with Crippen LogP contribution in [0.1, 0.15) is 30.2 Å². The van der Waals surface area contributed by atoms with Crippen LogP contribution >= 0.6 is 11.3 Å². The molecule has 2 aromatic rings. The van der Waals surface area contributed by atoms with Gasteiger partial charge in [0.1, 0.15) is 10.8 Å². The van der Waals surface area contributed by atoms with Crippen LogP contribution in [0.4, 0.5) is 0 Å². The molecule has 18 heavy (non-hydrogen) atoms. The van der Waals surface area contributed by atoms with Gasteiger partial charge in [-0.3, -0.25) is 0 Å². The van der Waals surface area contributed by atoms with Crippen LogP contribution in [0, 0.1) is 0 Å². The van der Waals surface area contributed by atoms with Gasteiger partial charge in [-0.25, -0.2) is 4.98 Å². The molecule has 0 unspecified atom stereocenters. The van der Waals surface area contributed by atoms with E-state index >= 15 is 0 Å². The van der Waals surface area contributed by atoms with Crippen LogP contribution in [-0.2, 0) is 6.61 Å².